The quantitative estimate of drug-likeness (QED) is 0.598. The van der Waals surface area contributed by atoms with Crippen LogP contribution in [-0.2, 0) is 11.3 Å². The monoisotopic (exact) mass is 255 g/mol. The molecule has 0 fully saturated rings. The molecule has 1 atom stereocenters. The molecule has 4 heteroatoms. The number of hydrogen-bond donors (Lipinski definition) is 1. The Morgan fingerprint density at radius 2 is 2.06 bits per heavy atom. The van der Waals surface area contributed by atoms with Crippen LogP contribution in [0.15, 0.2) is 24.3 Å². The molecule has 0 amide bonds. The Kier molecular flexibility index (Phi) is 6.19. The fourth-order valence-electron chi connectivity index (χ4n) is 1.63. The van der Waals surface area contributed by atoms with Crippen LogP contribution >= 0.6 is 11.6 Å². The lowest BCUT2D eigenvalue weighted by atomic mass is 10.1. The van der Waals surface area contributed by atoms with Crippen LogP contribution in [0.2, 0.25) is 0 Å². The molecule has 0 saturated carbocycles. The fraction of sp³-hybridized carbons (Fsp3) is 0.462. The molecular weight excluding hydrogens is 238 g/mol. The highest BCUT2D eigenvalue weighted by Crippen LogP contribution is 2.18. The first-order valence-electron chi connectivity index (χ1n) is 5.72. The van der Waals surface area contributed by atoms with E-state index in [1.165, 1.54) is 0 Å². The molecule has 0 heterocycles. The molecule has 0 aliphatic heterocycles. The van der Waals surface area contributed by atoms with Gasteiger partial charge in [-0.3, -0.25) is 4.90 Å². The SMILES string of the molecule is CCN(CCO)Cc1ccc(C(Cl)C=O)cc1. The second-order valence-corrected chi connectivity index (χ2v) is 4.34. The third-order valence-corrected chi connectivity index (χ3v) is 3.04. The molecule has 1 rings (SSSR count). The summed E-state index contributed by atoms with van der Waals surface area (Å²) in [6, 6.07) is 7.67. The van der Waals surface area contributed by atoms with E-state index < -0.39 is 5.38 Å². The smallest absolute Gasteiger partial charge is 0.142 e. The Morgan fingerprint density at radius 1 is 1.41 bits per heavy atom. The largest absolute Gasteiger partial charge is 0.395 e. The van der Waals surface area contributed by atoms with Crippen molar-refractivity contribution in [3.05, 3.63) is 35.4 Å². The van der Waals surface area contributed by atoms with E-state index in [0.29, 0.717) is 6.54 Å². The molecule has 1 unspecified atom stereocenters. The van der Waals surface area contributed by atoms with Crippen molar-refractivity contribution in [1.82, 2.24) is 4.90 Å². The highest BCUT2D eigenvalue weighted by molar-refractivity contribution is 6.27. The maximum absolute atomic E-state index is 10.5. The van der Waals surface area contributed by atoms with E-state index in [4.69, 9.17) is 16.7 Å². The predicted octanol–water partition coefficient (Wildman–Crippen LogP) is 1.98. The number of benzene rings is 1. The number of rotatable bonds is 7. The summed E-state index contributed by atoms with van der Waals surface area (Å²) in [5.41, 5.74) is 1.97. The maximum Gasteiger partial charge on any atom is 0.142 e. The molecular formula is C13H18ClNO2. The number of likely N-dealkylation sites (N-methyl/N-ethyl adjacent to an activating group) is 1. The predicted molar refractivity (Wildman–Crippen MR) is 69.1 cm³/mol. The third kappa shape index (κ3) is 4.46. The van der Waals surface area contributed by atoms with Gasteiger partial charge in [-0.2, -0.15) is 0 Å². The third-order valence-electron chi connectivity index (χ3n) is 2.69. The van der Waals surface area contributed by atoms with Gasteiger partial charge >= 0.3 is 0 Å². The summed E-state index contributed by atoms with van der Waals surface area (Å²) < 4.78 is 0. The molecule has 1 N–H and O–H groups in total. The van der Waals surface area contributed by atoms with E-state index in [1.807, 2.05) is 24.3 Å². The Labute approximate surface area is 107 Å². The molecule has 1 aromatic carbocycles. The standard InChI is InChI=1S/C13H18ClNO2/c1-2-15(7-8-16)9-11-3-5-12(6-4-11)13(14)10-17/h3-6,10,13,16H,2,7-9H2,1H3. The topological polar surface area (TPSA) is 40.5 Å². The van der Waals surface area contributed by atoms with Crippen LogP contribution in [0.25, 0.3) is 0 Å². The van der Waals surface area contributed by atoms with Gasteiger partial charge in [-0.05, 0) is 17.7 Å². The van der Waals surface area contributed by atoms with E-state index >= 15 is 0 Å². The molecule has 0 aromatic heterocycles. The van der Waals surface area contributed by atoms with E-state index in [0.717, 1.165) is 30.5 Å². The number of aliphatic hydroxyl groups excluding tert-OH is 1. The van der Waals surface area contributed by atoms with Gasteiger partial charge in [0.1, 0.15) is 11.7 Å². The number of alkyl halides is 1. The number of carbonyl (C=O) groups is 1. The normalized spacial score (nSPS) is 12.7. The van der Waals surface area contributed by atoms with Crippen molar-refractivity contribution in [3.63, 3.8) is 0 Å². The maximum atomic E-state index is 10.5. The van der Waals surface area contributed by atoms with E-state index in [2.05, 4.69) is 11.8 Å². The van der Waals surface area contributed by atoms with Gasteiger partial charge in [0, 0.05) is 13.1 Å². The van der Waals surface area contributed by atoms with Crippen molar-refractivity contribution < 1.29 is 9.90 Å². The van der Waals surface area contributed by atoms with Crippen molar-refractivity contribution in [2.45, 2.75) is 18.8 Å². The summed E-state index contributed by atoms with van der Waals surface area (Å²) in [6.45, 7) is 4.59. The summed E-state index contributed by atoms with van der Waals surface area (Å²) >= 11 is 5.81. The van der Waals surface area contributed by atoms with Gasteiger partial charge in [0.2, 0.25) is 0 Å². The van der Waals surface area contributed by atoms with Crippen LogP contribution in [0, 0.1) is 0 Å². The first-order chi connectivity index (χ1) is 8.21. The second kappa shape index (κ2) is 7.43. The zero-order valence-corrected chi connectivity index (χ0v) is 10.7. The lowest BCUT2D eigenvalue weighted by molar-refractivity contribution is -0.107. The average molecular weight is 256 g/mol. The fourth-order valence-corrected chi connectivity index (χ4v) is 1.78. The highest BCUT2D eigenvalue weighted by atomic mass is 35.5. The number of halogens is 1. The molecule has 3 nitrogen and oxygen atoms in total. The minimum Gasteiger partial charge on any atom is -0.395 e. The minimum absolute atomic E-state index is 0.167. The van der Waals surface area contributed by atoms with Crippen LogP contribution in [0.1, 0.15) is 23.4 Å². The zero-order valence-electron chi connectivity index (χ0n) is 9.97. The number of aldehydes is 1. The first-order valence-corrected chi connectivity index (χ1v) is 6.16. The molecule has 1 aromatic rings. The molecule has 17 heavy (non-hydrogen) atoms. The van der Waals surface area contributed by atoms with Gasteiger partial charge in [0.15, 0.2) is 0 Å². The molecule has 0 saturated heterocycles. The van der Waals surface area contributed by atoms with Crippen LogP contribution in [0.5, 0.6) is 0 Å². The van der Waals surface area contributed by atoms with Crippen LogP contribution in [0.4, 0.5) is 0 Å². The lowest BCUT2D eigenvalue weighted by Gasteiger charge is -2.19. The summed E-state index contributed by atoms with van der Waals surface area (Å²) in [4.78, 5) is 12.7. The van der Waals surface area contributed by atoms with E-state index in [1.54, 1.807) is 0 Å². The van der Waals surface area contributed by atoms with Crippen LogP contribution < -0.4 is 0 Å². The number of aliphatic hydroxyl groups is 1. The summed E-state index contributed by atoms with van der Waals surface area (Å²) in [5, 5.41) is 8.33. The van der Waals surface area contributed by atoms with Crippen LogP contribution in [0.3, 0.4) is 0 Å². The van der Waals surface area contributed by atoms with Crippen molar-refractivity contribution >= 4 is 17.9 Å². The van der Waals surface area contributed by atoms with Gasteiger partial charge < -0.3 is 9.90 Å². The van der Waals surface area contributed by atoms with Gasteiger partial charge in [0.25, 0.3) is 0 Å². The first kappa shape index (κ1) is 14.2. The van der Waals surface area contributed by atoms with Gasteiger partial charge in [-0.15, -0.1) is 11.6 Å². The average Bonchev–Trinajstić information content (AvgIpc) is 2.38. The van der Waals surface area contributed by atoms with Gasteiger partial charge in [0.05, 0.1) is 6.61 Å². The van der Waals surface area contributed by atoms with Gasteiger partial charge in [-0.1, -0.05) is 31.2 Å². The number of hydrogen-bond acceptors (Lipinski definition) is 3. The minimum atomic E-state index is -0.566. The number of nitrogens with zero attached hydrogens (tertiary/aromatic N) is 1. The molecule has 0 radical (unpaired) electrons. The Morgan fingerprint density at radius 3 is 2.53 bits per heavy atom. The van der Waals surface area contributed by atoms with Crippen molar-refractivity contribution in [2.24, 2.45) is 0 Å². The molecule has 0 aliphatic carbocycles. The van der Waals surface area contributed by atoms with Gasteiger partial charge in [-0.25, -0.2) is 0 Å². The van der Waals surface area contributed by atoms with Crippen LogP contribution in [-0.4, -0.2) is 36.0 Å². The molecule has 94 valence electrons. The number of carbonyl (C=O) groups excluding carboxylic acids is 1. The summed E-state index contributed by atoms with van der Waals surface area (Å²) in [7, 11) is 0. The molecule has 0 aliphatic rings. The Hall–Kier alpha value is -0.900. The highest BCUT2D eigenvalue weighted by Gasteiger charge is 2.07. The van der Waals surface area contributed by atoms with Crippen molar-refractivity contribution in [2.75, 3.05) is 19.7 Å². The molecule has 0 bridgehead atoms. The van der Waals surface area contributed by atoms with Crippen molar-refractivity contribution in [3.8, 4) is 0 Å². The van der Waals surface area contributed by atoms with Crippen molar-refractivity contribution in [1.29, 1.82) is 0 Å². The Balaban J connectivity index is 2.64. The lowest BCUT2D eigenvalue weighted by Crippen LogP contribution is -2.26. The molecule has 0 spiro atoms. The Bertz CT molecular complexity index is 340. The second-order valence-electron chi connectivity index (χ2n) is 3.87. The van der Waals surface area contributed by atoms with E-state index in [9.17, 15) is 4.79 Å². The zero-order chi connectivity index (χ0) is 12.7. The van der Waals surface area contributed by atoms with E-state index in [-0.39, 0.29) is 6.61 Å². The summed E-state index contributed by atoms with van der Waals surface area (Å²) in [5.74, 6) is 0. The summed E-state index contributed by atoms with van der Waals surface area (Å²) in [6.07, 6.45) is 0.723.